The monoisotopic (exact) mass is 310 g/mol. The molecule has 4 aromatic rings. The zero-order valence-corrected chi connectivity index (χ0v) is 12.6. The summed E-state index contributed by atoms with van der Waals surface area (Å²) < 4.78 is 1.09. The first-order valence-corrected chi connectivity index (χ1v) is 7.79. The molecule has 0 saturated carbocycles. The SMILES string of the molecule is Clc1ccc2nc(Nc3ccc4ccccc4c3)sc2c1. The molecule has 1 N–H and O–H groups in total. The third-order valence-electron chi connectivity index (χ3n) is 3.35. The summed E-state index contributed by atoms with van der Waals surface area (Å²) in [6.45, 7) is 0. The normalized spacial score (nSPS) is 11.1. The fourth-order valence-electron chi connectivity index (χ4n) is 2.34. The molecule has 0 unspecified atom stereocenters. The number of halogens is 1. The smallest absolute Gasteiger partial charge is 0.188 e. The second kappa shape index (κ2) is 5.02. The topological polar surface area (TPSA) is 24.9 Å². The number of rotatable bonds is 2. The molecule has 4 heteroatoms. The fraction of sp³-hybridized carbons (Fsp3) is 0. The van der Waals surface area contributed by atoms with E-state index < -0.39 is 0 Å². The summed E-state index contributed by atoms with van der Waals surface area (Å²) in [7, 11) is 0. The second-order valence-corrected chi connectivity index (χ2v) is 6.29. The number of nitrogens with one attached hydrogen (secondary N) is 1. The third kappa shape index (κ3) is 2.46. The lowest BCUT2D eigenvalue weighted by Crippen LogP contribution is -1.88. The zero-order valence-electron chi connectivity index (χ0n) is 11.0. The average Bonchev–Trinajstić information content (AvgIpc) is 2.88. The van der Waals surface area contributed by atoms with E-state index >= 15 is 0 Å². The van der Waals surface area contributed by atoms with Gasteiger partial charge >= 0.3 is 0 Å². The molecule has 1 aromatic heterocycles. The molecule has 1 heterocycles. The van der Waals surface area contributed by atoms with Gasteiger partial charge in [0.15, 0.2) is 5.13 Å². The van der Waals surface area contributed by atoms with Crippen molar-refractivity contribution in [1.29, 1.82) is 0 Å². The number of anilines is 2. The van der Waals surface area contributed by atoms with Crippen LogP contribution in [0.15, 0.2) is 60.7 Å². The van der Waals surface area contributed by atoms with Crippen molar-refractivity contribution >= 4 is 54.7 Å². The average molecular weight is 311 g/mol. The summed E-state index contributed by atoms with van der Waals surface area (Å²) in [5.41, 5.74) is 2.01. The van der Waals surface area contributed by atoms with Crippen LogP contribution in [-0.4, -0.2) is 4.98 Å². The minimum atomic E-state index is 0.739. The second-order valence-electron chi connectivity index (χ2n) is 4.82. The van der Waals surface area contributed by atoms with E-state index in [-0.39, 0.29) is 0 Å². The molecule has 0 aliphatic heterocycles. The van der Waals surface area contributed by atoms with Crippen molar-refractivity contribution in [2.75, 3.05) is 5.32 Å². The van der Waals surface area contributed by atoms with Crippen molar-refractivity contribution in [1.82, 2.24) is 4.98 Å². The highest BCUT2D eigenvalue weighted by Gasteiger charge is 2.05. The van der Waals surface area contributed by atoms with Crippen molar-refractivity contribution in [3.8, 4) is 0 Å². The van der Waals surface area contributed by atoms with Crippen LogP contribution in [0.25, 0.3) is 21.0 Å². The molecule has 0 spiro atoms. The molecular formula is C17H11ClN2S. The van der Waals surface area contributed by atoms with E-state index in [4.69, 9.17) is 11.6 Å². The Morgan fingerprint density at radius 2 is 1.76 bits per heavy atom. The molecule has 0 aliphatic carbocycles. The molecule has 0 saturated heterocycles. The minimum absolute atomic E-state index is 0.739. The van der Waals surface area contributed by atoms with Gasteiger partial charge in [-0.1, -0.05) is 53.3 Å². The van der Waals surface area contributed by atoms with Crippen LogP contribution >= 0.6 is 22.9 Å². The molecule has 21 heavy (non-hydrogen) atoms. The zero-order chi connectivity index (χ0) is 14.2. The van der Waals surface area contributed by atoms with Gasteiger partial charge in [0.1, 0.15) is 0 Å². The number of fused-ring (bicyclic) bond motifs is 2. The first-order valence-electron chi connectivity index (χ1n) is 6.60. The van der Waals surface area contributed by atoms with E-state index in [2.05, 4.69) is 40.6 Å². The Labute approximate surface area is 131 Å². The highest BCUT2D eigenvalue weighted by Crippen LogP contribution is 2.31. The maximum Gasteiger partial charge on any atom is 0.188 e. The van der Waals surface area contributed by atoms with Gasteiger partial charge in [0.05, 0.1) is 10.2 Å². The van der Waals surface area contributed by atoms with Crippen LogP contribution in [0.1, 0.15) is 0 Å². The predicted octanol–water partition coefficient (Wildman–Crippen LogP) is 5.85. The number of nitrogens with zero attached hydrogens (tertiary/aromatic N) is 1. The van der Waals surface area contributed by atoms with Crippen molar-refractivity contribution in [2.45, 2.75) is 0 Å². The largest absolute Gasteiger partial charge is 0.332 e. The van der Waals surface area contributed by atoms with E-state index in [0.29, 0.717) is 0 Å². The van der Waals surface area contributed by atoms with Gasteiger partial charge in [0.2, 0.25) is 0 Å². The predicted molar refractivity (Wildman–Crippen MR) is 91.9 cm³/mol. The van der Waals surface area contributed by atoms with Gasteiger partial charge in [-0.2, -0.15) is 0 Å². The molecule has 102 valence electrons. The Morgan fingerprint density at radius 3 is 2.67 bits per heavy atom. The molecule has 0 fully saturated rings. The third-order valence-corrected chi connectivity index (χ3v) is 4.52. The Morgan fingerprint density at radius 1 is 0.905 bits per heavy atom. The van der Waals surface area contributed by atoms with Gasteiger partial charge < -0.3 is 5.32 Å². The number of benzene rings is 3. The molecule has 0 radical (unpaired) electrons. The van der Waals surface area contributed by atoms with E-state index in [1.165, 1.54) is 10.8 Å². The van der Waals surface area contributed by atoms with E-state index in [0.717, 1.165) is 26.1 Å². The summed E-state index contributed by atoms with van der Waals surface area (Å²) in [4.78, 5) is 4.58. The van der Waals surface area contributed by atoms with Crippen LogP contribution in [-0.2, 0) is 0 Å². The Hall–Kier alpha value is -2.10. The van der Waals surface area contributed by atoms with Crippen LogP contribution in [0, 0.1) is 0 Å². The highest BCUT2D eigenvalue weighted by atomic mass is 35.5. The van der Waals surface area contributed by atoms with Crippen molar-refractivity contribution in [3.05, 3.63) is 65.7 Å². The van der Waals surface area contributed by atoms with Gasteiger partial charge in [-0.3, -0.25) is 0 Å². The Bertz CT molecular complexity index is 946. The molecule has 2 nitrogen and oxygen atoms in total. The van der Waals surface area contributed by atoms with Crippen molar-refractivity contribution in [2.24, 2.45) is 0 Å². The van der Waals surface area contributed by atoms with Gasteiger partial charge in [0, 0.05) is 10.7 Å². The Kier molecular flexibility index (Phi) is 3.02. The van der Waals surface area contributed by atoms with Gasteiger partial charge in [-0.05, 0) is 41.1 Å². The molecule has 0 amide bonds. The van der Waals surface area contributed by atoms with Crippen molar-refractivity contribution < 1.29 is 0 Å². The maximum absolute atomic E-state index is 6.01. The molecule has 0 aliphatic rings. The summed E-state index contributed by atoms with van der Waals surface area (Å²) in [6, 6.07) is 20.4. The number of thiazole rings is 1. The lowest BCUT2D eigenvalue weighted by Gasteiger charge is -2.04. The van der Waals surface area contributed by atoms with Crippen molar-refractivity contribution in [3.63, 3.8) is 0 Å². The number of aromatic nitrogens is 1. The molecule has 0 bridgehead atoms. The first kappa shape index (κ1) is 12.6. The summed E-state index contributed by atoms with van der Waals surface area (Å²) in [5, 5.41) is 7.44. The van der Waals surface area contributed by atoms with Gasteiger partial charge in [-0.25, -0.2) is 4.98 Å². The van der Waals surface area contributed by atoms with Crippen LogP contribution < -0.4 is 5.32 Å². The quantitative estimate of drug-likeness (QED) is 0.502. The number of hydrogen-bond acceptors (Lipinski definition) is 3. The molecule has 0 atom stereocenters. The summed E-state index contributed by atoms with van der Waals surface area (Å²) in [6.07, 6.45) is 0. The first-order chi connectivity index (χ1) is 10.3. The van der Waals surface area contributed by atoms with Crippen LogP contribution in [0.5, 0.6) is 0 Å². The molecule has 3 aromatic carbocycles. The number of hydrogen-bond donors (Lipinski definition) is 1. The van der Waals surface area contributed by atoms with Crippen LogP contribution in [0.4, 0.5) is 10.8 Å². The van der Waals surface area contributed by atoms with Gasteiger partial charge in [-0.15, -0.1) is 0 Å². The highest BCUT2D eigenvalue weighted by molar-refractivity contribution is 7.22. The lowest BCUT2D eigenvalue weighted by molar-refractivity contribution is 1.45. The van der Waals surface area contributed by atoms with E-state index in [9.17, 15) is 0 Å². The maximum atomic E-state index is 6.01. The lowest BCUT2D eigenvalue weighted by atomic mass is 10.1. The van der Waals surface area contributed by atoms with Gasteiger partial charge in [0.25, 0.3) is 0 Å². The Balaban J connectivity index is 1.71. The molecular weight excluding hydrogens is 300 g/mol. The van der Waals surface area contributed by atoms with Crippen LogP contribution in [0.2, 0.25) is 5.02 Å². The van der Waals surface area contributed by atoms with E-state index in [1.54, 1.807) is 11.3 Å². The molecule has 4 rings (SSSR count). The summed E-state index contributed by atoms with van der Waals surface area (Å²) >= 11 is 7.62. The fourth-order valence-corrected chi connectivity index (χ4v) is 3.50. The van der Waals surface area contributed by atoms with Crippen LogP contribution in [0.3, 0.4) is 0 Å². The summed E-state index contributed by atoms with van der Waals surface area (Å²) in [5.74, 6) is 0. The standard InChI is InChI=1S/C17H11ClN2S/c18-13-6-8-15-16(10-13)21-17(20-15)19-14-7-5-11-3-1-2-4-12(11)9-14/h1-10H,(H,19,20). The minimum Gasteiger partial charge on any atom is -0.332 e. The van der Waals surface area contributed by atoms with E-state index in [1.807, 2.05) is 30.3 Å².